The highest BCUT2D eigenvalue weighted by molar-refractivity contribution is 9.10. The smallest absolute Gasteiger partial charge is 0.287 e. The number of hydrogen-bond acceptors (Lipinski definition) is 4. The van der Waals surface area contributed by atoms with Crippen LogP contribution < -0.4 is 5.32 Å². The van der Waals surface area contributed by atoms with Crippen LogP contribution in [0.5, 0.6) is 0 Å². The van der Waals surface area contributed by atoms with Gasteiger partial charge >= 0.3 is 0 Å². The third-order valence-electron chi connectivity index (χ3n) is 2.94. The van der Waals surface area contributed by atoms with Crippen molar-refractivity contribution in [2.75, 3.05) is 6.54 Å². The Kier molecular flexibility index (Phi) is 4.67. The minimum absolute atomic E-state index is 0.238. The average molecular weight is 342 g/mol. The fourth-order valence-electron chi connectivity index (χ4n) is 1.98. The van der Waals surface area contributed by atoms with E-state index in [2.05, 4.69) is 21.2 Å². The molecule has 6 heteroatoms. The Balaban J connectivity index is 1.84. The van der Waals surface area contributed by atoms with E-state index in [1.54, 1.807) is 12.1 Å². The van der Waals surface area contributed by atoms with Crippen molar-refractivity contribution in [3.05, 3.63) is 45.7 Å². The molecule has 0 unspecified atom stereocenters. The van der Waals surface area contributed by atoms with Gasteiger partial charge in [-0.25, -0.2) is 0 Å². The van der Waals surface area contributed by atoms with Crippen molar-refractivity contribution in [3.63, 3.8) is 0 Å². The van der Waals surface area contributed by atoms with Crippen LogP contribution in [0.2, 0.25) is 0 Å². The standard InChI is InChI=1S/C14H16BrNO4/c1-8-7-10(9(2)19-8)11(17)5-6-16-14(18)12-3-4-13(15)20-12/h3-4,7,11,17H,5-6H2,1-2H3,(H,16,18)/t11-/m1/s1. The molecule has 5 nitrogen and oxygen atoms in total. The van der Waals surface area contributed by atoms with E-state index in [-0.39, 0.29) is 11.7 Å². The molecular weight excluding hydrogens is 326 g/mol. The second-order valence-electron chi connectivity index (χ2n) is 4.53. The topological polar surface area (TPSA) is 75.6 Å². The maximum absolute atomic E-state index is 11.7. The molecule has 0 fully saturated rings. The van der Waals surface area contributed by atoms with Crippen LogP contribution in [0.15, 0.2) is 31.7 Å². The van der Waals surface area contributed by atoms with Gasteiger partial charge in [0.15, 0.2) is 10.4 Å². The molecule has 2 N–H and O–H groups in total. The Labute approximate surface area is 125 Å². The number of rotatable bonds is 5. The summed E-state index contributed by atoms with van der Waals surface area (Å²) in [6.45, 7) is 3.99. The van der Waals surface area contributed by atoms with Crippen molar-refractivity contribution < 1.29 is 18.7 Å². The van der Waals surface area contributed by atoms with Crippen LogP contribution in [0.3, 0.4) is 0 Å². The van der Waals surface area contributed by atoms with Crippen molar-refractivity contribution in [2.24, 2.45) is 0 Å². The van der Waals surface area contributed by atoms with Crippen molar-refractivity contribution >= 4 is 21.8 Å². The van der Waals surface area contributed by atoms with E-state index >= 15 is 0 Å². The number of hydrogen-bond donors (Lipinski definition) is 2. The van der Waals surface area contributed by atoms with Crippen molar-refractivity contribution in [1.82, 2.24) is 5.32 Å². The SMILES string of the molecule is Cc1cc([C@H](O)CCNC(=O)c2ccc(Br)o2)c(C)o1. The molecule has 1 atom stereocenters. The summed E-state index contributed by atoms with van der Waals surface area (Å²) in [7, 11) is 0. The maximum Gasteiger partial charge on any atom is 0.287 e. The zero-order valence-corrected chi connectivity index (χ0v) is 12.9. The number of carbonyl (C=O) groups excluding carboxylic acids is 1. The molecule has 0 aliphatic rings. The van der Waals surface area contributed by atoms with E-state index in [0.717, 1.165) is 11.3 Å². The van der Waals surface area contributed by atoms with Crippen LogP contribution in [0.25, 0.3) is 0 Å². The lowest BCUT2D eigenvalue weighted by Crippen LogP contribution is -2.25. The molecule has 0 saturated carbocycles. The zero-order chi connectivity index (χ0) is 14.7. The molecule has 2 heterocycles. The predicted molar refractivity (Wildman–Crippen MR) is 76.5 cm³/mol. The van der Waals surface area contributed by atoms with E-state index in [9.17, 15) is 9.90 Å². The summed E-state index contributed by atoms with van der Waals surface area (Å²) < 4.78 is 11.0. The quantitative estimate of drug-likeness (QED) is 0.876. The summed E-state index contributed by atoms with van der Waals surface area (Å²) in [5, 5.41) is 12.8. The molecule has 0 radical (unpaired) electrons. The van der Waals surface area contributed by atoms with E-state index in [1.807, 2.05) is 19.9 Å². The van der Waals surface area contributed by atoms with Gasteiger partial charge in [-0.3, -0.25) is 4.79 Å². The van der Waals surface area contributed by atoms with E-state index < -0.39 is 6.10 Å². The molecular formula is C14H16BrNO4. The van der Waals surface area contributed by atoms with Crippen LogP contribution in [-0.2, 0) is 0 Å². The predicted octanol–water partition coefficient (Wildman–Crippen LogP) is 3.11. The maximum atomic E-state index is 11.7. The molecule has 0 aliphatic heterocycles. The summed E-state index contributed by atoms with van der Waals surface area (Å²) in [6, 6.07) is 5.05. The number of carbonyl (C=O) groups is 1. The first kappa shape index (κ1) is 14.9. The lowest BCUT2D eigenvalue weighted by molar-refractivity contribution is 0.0913. The summed E-state index contributed by atoms with van der Waals surface area (Å²) in [6.07, 6.45) is -0.246. The van der Waals surface area contributed by atoms with Crippen molar-refractivity contribution in [1.29, 1.82) is 0 Å². The number of aliphatic hydroxyl groups excluding tert-OH is 1. The number of aryl methyl sites for hydroxylation is 2. The van der Waals surface area contributed by atoms with Gasteiger partial charge < -0.3 is 19.3 Å². The van der Waals surface area contributed by atoms with Gasteiger partial charge in [0.05, 0.1) is 6.10 Å². The van der Waals surface area contributed by atoms with E-state index in [1.165, 1.54) is 0 Å². The molecule has 2 aromatic rings. The molecule has 0 aliphatic carbocycles. The molecule has 0 spiro atoms. The fraction of sp³-hybridized carbons (Fsp3) is 0.357. The van der Waals surface area contributed by atoms with Gasteiger partial charge in [-0.1, -0.05) is 0 Å². The highest BCUT2D eigenvalue weighted by Crippen LogP contribution is 2.23. The van der Waals surface area contributed by atoms with Crippen LogP contribution in [0.1, 0.15) is 40.2 Å². The van der Waals surface area contributed by atoms with Crippen LogP contribution in [-0.4, -0.2) is 17.6 Å². The van der Waals surface area contributed by atoms with Gasteiger partial charge in [-0.2, -0.15) is 0 Å². The summed E-state index contributed by atoms with van der Waals surface area (Å²) in [4.78, 5) is 11.7. The zero-order valence-electron chi connectivity index (χ0n) is 11.3. The van der Waals surface area contributed by atoms with Gasteiger partial charge in [-0.15, -0.1) is 0 Å². The largest absolute Gasteiger partial charge is 0.466 e. The number of amides is 1. The summed E-state index contributed by atoms with van der Waals surface area (Å²) >= 11 is 3.14. The first-order chi connectivity index (χ1) is 9.47. The van der Waals surface area contributed by atoms with Gasteiger partial charge in [-0.05, 0) is 54.4 Å². The lowest BCUT2D eigenvalue weighted by Gasteiger charge is -2.09. The van der Waals surface area contributed by atoms with Gasteiger partial charge in [0.25, 0.3) is 5.91 Å². The lowest BCUT2D eigenvalue weighted by atomic mass is 10.1. The van der Waals surface area contributed by atoms with Gasteiger partial charge in [0.2, 0.25) is 0 Å². The first-order valence-corrected chi connectivity index (χ1v) is 7.05. The minimum Gasteiger partial charge on any atom is -0.466 e. The molecule has 2 rings (SSSR count). The third kappa shape index (κ3) is 3.52. The number of nitrogens with one attached hydrogen (secondary N) is 1. The molecule has 20 heavy (non-hydrogen) atoms. The number of aliphatic hydroxyl groups is 1. The summed E-state index contributed by atoms with van der Waals surface area (Å²) in [5.74, 6) is 1.40. The number of halogens is 1. The van der Waals surface area contributed by atoms with Gasteiger partial charge in [0, 0.05) is 12.1 Å². The Bertz CT molecular complexity index is 602. The normalized spacial score (nSPS) is 12.4. The Morgan fingerprint density at radius 3 is 2.70 bits per heavy atom. The van der Waals surface area contributed by atoms with Crippen molar-refractivity contribution in [3.8, 4) is 0 Å². The summed E-state index contributed by atoms with van der Waals surface area (Å²) in [5.41, 5.74) is 0.762. The first-order valence-electron chi connectivity index (χ1n) is 6.26. The number of furan rings is 2. The molecule has 1 amide bonds. The minimum atomic E-state index is -0.656. The highest BCUT2D eigenvalue weighted by atomic mass is 79.9. The van der Waals surface area contributed by atoms with E-state index in [4.69, 9.17) is 8.83 Å². The molecule has 0 saturated heterocycles. The fourth-order valence-corrected chi connectivity index (χ4v) is 2.29. The van der Waals surface area contributed by atoms with Crippen LogP contribution in [0, 0.1) is 13.8 Å². The van der Waals surface area contributed by atoms with E-state index in [0.29, 0.717) is 23.4 Å². The third-order valence-corrected chi connectivity index (χ3v) is 3.36. The Hall–Kier alpha value is -1.53. The van der Waals surface area contributed by atoms with Crippen molar-refractivity contribution in [2.45, 2.75) is 26.4 Å². The van der Waals surface area contributed by atoms with Crippen LogP contribution >= 0.6 is 15.9 Å². The molecule has 2 aromatic heterocycles. The average Bonchev–Trinajstić information content (AvgIpc) is 2.95. The Morgan fingerprint density at radius 1 is 1.40 bits per heavy atom. The van der Waals surface area contributed by atoms with Crippen LogP contribution in [0.4, 0.5) is 0 Å². The molecule has 108 valence electrons. The monoisotopic (exact) mass is 341 g/mol. The highest BCUT2D eigenvalue weighted by Gasteiger charge is 2.15. The van der Waals surface area contributed by atoms with Gasteiger partial charge in [0.1, 0.15) is 11.5 Å². The molecule has 0 aromatic carbocycles. The second kappa shape index (κ2) is 6.28. The second-order valence-corrected chi connectivity index (χ2v) is 5.31. The Morgan fingerprint density at radius 2 is 2.15 bits per heavy atom. The molecule has 0 bridgehead atoms.